The maximum atomic E-state index is 9.04. The second-order valence-electron chi connectivity index (χ2n) is 6.27. The molecule has 0 aliphatic rings. The number of nitriles is 1. The second kappa shape index (κ2) is 7.65. The summed E-state index contributed by atoms with van der Waals surface area (Å²) in [6, 6.07) is 17.2. The third kappa shape index (κ3) is 3.94. The predicted molar refractivity (Wildman–Crippen MR) is 94.5 cm³/mol. The molecular weight excluding hydrogens is 300 g/mol. The first-order valence-electron chi connectivity index (χ1n) is 7.95. The third-order valence-electron chi connectivity index (χ3n) is 4.39. The first-order valence-corrected chi connectivity index (χ1v) is 7.95. The molecule has 124 valence electrons. The lowest BCUT2D eigenvalue weighted by Crippen LogP contribution is -2.15. The minimum Gasteiger partial charge on any atom is -0.489 e. The predicted octanol–water partition coefficient (Wildman–Crippen LogP) is 4.66. The molecule has 0 atom stereocenters. The minimum absolute atomic E-state index is 0.0192. The lowest BCUT2D eigenvalue weighted by atomic mass is 9.82. The molecule has 0 amide bonds. The van der Waals surface area contributed by atoms with Crippen molar-refractivity contribution in [2.75, 3.05) is 0 Å². The smallest absolute Gasteiger partial charge is 0.187 e. The van der Waals surface area contributed by atoms with Gasteiger partial charge in [0.25, 0.3) is 0 Å². The topological polar surface area (TPSA) is 65.6 Å². The molecule has 4 heteroatoms. The summed E-state index contributed by atoms with van der Waals surface area (Å²) >= 11 is 0. The summed E-state index contributed by atoms with van der Waals surface area (Å²) in [5, 5.41) is 21.0. The summed E-state index contributed by atoms with van der Waals surface area (Å²) in [6.45, 7) is 6.91. The van der Waals surface area contributed by atoms with E-state index in [4.69, 9.17) is 15.2 Å². The normalized spacial score (nSPS) is 11.8. The Labute approximate surface area is 143 Å². The van der Waals surface area contributed by atoms with Crippen LogP contribution in [-0.4, -0.2) is 10.9 Å². The fourth-order valence-electron chi connectivity index (χ4n) is 2.38. The molecule has 2 rings (SSSR count). The summed E-state index contributed by atoms with van der Waals surface area (Å²) in [4.78, 5) is 0. The monoisotopic (exact) mass is 322 g/mol. The largest absolute Gasteiger partial charge is 0.489 e. The summed E-state index contributed by atoms with van der Waals surface area (Å²) in [6.07, 6.45) is 1.07. The molecule has 2 aromatic carbocycles. The molecule has 0 aliphatic carbocycles. The van der Waals surface area contributed by atoms with Crippen LogP contribution in [0.15, 0.2) is 53.7 Å². The standard InChI is InChI=1S/C20H22N2O2/c1-4-20(2,3)16-9-11-17(12-10-16)24-14-15-7-5-6-8-18(15)19(13-21)22-23/h5-12,23H,4,14H2,1-3H3/b22-19-. The average molecular weight is 322 g/mol. The lowest BCUT2D eigenvalue weighted by Gasteiger charge is -2.23. The van der Waals surface area contributed by atoms with Gasteiger partial charge >= 0.3 is 0 Å². The maximum absolute atomic E-state index is 9.04. The van der Waals surface area contributed by atoms with Crippen molar-refractivity contribution in [3.63, 3.8) is 0 Å². The summed E-state index contributed by atoms with van der Waals surface area (Å²) in [5.74, 6) is 0.764. The van der Waals surface area contributed by atoms with Crippen molar-refractivity contribution >= 4 is 5.71 Å². The van der Waals surface area contributed by atoms with E-state index in [1.165, 1.54) is 5.56 Å². The summed E-state index contributed by atoms with van der Waals surface area (Å²) in [5.41, 5.74) is 2.77. The molecule has 0 saturated heterocycles. The maximum Gasteiger partial charge on any atom is 0.187 e. The van der Waals surface area contributed by atoms with Crippen molar-refractivity contribution in [1.29, 1.82) is 5.26 Å². The van der Waals surface area contributed by atoms with Crippen LogP contribution >= 0.6 is 0 Å². The van der Waals surface area contributed by atoms with Gasteiger partial charge in [0.15, 0.2) is 5.71 Å². The summed E-state index contributed by atoms with van der Waals surface area (Å²) < 4.78 is 5.83. The van der Waals surface area contributed by atoms with Gasteiger partial charge in [-0.05, 0) is 35.1 Å². The van der Waals surface area contributed by atoms with Crippen molar-refractivity contribution in [1.82, 2.24) is 0 Å². The molecule has 0 saturated carbocycles. The van der Waals surface area contributed by atoms with Crippen molar-refractivity contribution in [2.45, 2.75) is 39.2 Å². The van der Waals surface area contributed by atoms with Gasteiger partial charge in [-0.3, -0.25) is 0 Å². The molecule has 0 bridgehead atoms. The number of ether oxygens (including phenoxy) is 1. The van der Waals surface area contributed by atoms with E-state index in [9.17, 15) is 0 Å². The number of hydrogen-bond donors (Lipinski definition) is 1. The first kappa shape index (κ1) is 17.6. The lowest BCUT2D eigenvalue weighted by molar-refractivity contribution is 0.305. The Morgan fingerprint density at radius 2 is 1.83 bits per heavy atom. The van der Waals surface area contributed by atoms with Crippen LogP contribution in [0.1, 0.15) is 43.9 Å². The molecule has 0 unspecified atom stereocenters. The fraction of sp³-hybridized carbons (Fsp3) is 0.300. The zero-order valence-electron chi connectivity index (χ0n) is 14.3. The number of oxime groups is 1. The Morgan fingerprint density at radius 3 is 2.42 bits per heavy atom. The van der Waals surface area contributed by atoms with Crippen molar-refractivity contribution in [2.24, 2.45) is 5.16 Å². The van der Waals surface area contributed by atoms with Crippen LogP contribution in [0.5, 0.6) is 5.75 Å². The summed E-state index contributed by atoms with van der Waals surface area (Å²) in [7, 11) is 0. The van der Waals surface area contributed by atoms with Gasteiger partial charge in [0.2, 0.25) is 0 Å². The highest BCUT2D eigenvalue weighted by molar-refractivity contribution is 6.12. The average Bonchev–Trinajstić information content (AvgIpc) is 2.62. The molecule has 1 N–H and O–H groups in total. The SMILES string of the molecule is CCC(C)(C)c1ccc(OCc2ccccc2/C(C#N)=N\O)cc1. The van der Waals surface area contributed by atoms with Crippen LogP contribution in [0, 0.1) is 11.3 Å². The molecule has 4 nitrogen and oxygen atoms in total. The van der Waals surface area contributed by atoms with Gasteiger partial charge in [-0.25, -0.2) is 0 Å². The first-order chi connectivity index (χ1) is 11.5. The zero-order valence-corrected chi connectivity index (χ0v) is 14.3. The van der Waals surface area contributed by atoms with E-state index in [0.717, 1.165) is 17.7 Å². The fourth-order valence-corrected chi connectivity index (χ4v) is 2.38. The van der Waals surface area contributed by atoms with Crippen LogP contribution in [0.3, 0.4) is 0 Å². The molecule has 24 heavy (non-hydrogen) atoms. The zero-order chi connectivity index (χ0) is 17.6. The van der Waals surface area contributed by atoms with E-state index < -0.39 is 0 Å². The number of rotatable bonds is 6. The van der Waals surface area contributed by atoms with Gasteiger partial charge in [0.1, 0.15) is 18.4 Å². The van der Waals surface area contributed by atoms with Crippen LogP contribution < -0.4 is 4.74 Å². The minimum atomic E-state index is -0.0192. The Morgan fingerprint density at radius 1 is 1.17 bits per heavy atom. The Bertz CT molecular complexity index is 756. The molecule has 0 aromatic heterocycles. The van der Waals surface area contributed by atoms with Gasteiger partial charge in [-0.2, -0.15) is 5.26 Å². The Hall–Kier alpha value is -2.80. The highest BCUT2D eigenvalue weighted by Crippen LogP contribution is 2.28. The van der Waals surface area contributed by atoms with E-state index in [2.05, 4.69) is 38.1 Å². The third-order valence-corrected chi connectivity index (χ3v) is 4.39. The van der Waals surface area contributed by atoms with Crippen LogP contribution in [0.25, 0.3) is 0 Å². The quantitative estimate of drug-likeness (QED) is 0.478. The Balaban J connectivity index is 2.14. The number of nitrogens with zero attached hydrogens (tertiary/aromatic N) is 2. The van der Waals surface area contributed by atoms with Gasteiger partial charge < -0.3 is 9.94 Å². The molecule has 0 fully saturated rings. The van der Waals surface area contributed by atoms with E-state index in [1.54, 1.807) is 12.1 Å². The molecule has 0 spiro atoms. The highest BCUT2D eigenvalue weighted by Gasteiger charge is 2.17. The van der Waals surface area contributed by atoms with E-state index in [0.29, 0.717) is 12.2 Å². The molecule has 2 aromatic rings. The van der Waals surface area contributed by atoms with Crippen LogP contribution in [0.4, 0.5) is 0 Å². The van der Waals surface area contributed by atoms with Crippen molar-refractivity contribution < 1.29 is 9.94 Å². The van der Waals surface area contributed by atoms with Gasteiger partial charge in [-0.15, -0.1) is 0 Å². The van der Waals surface area contributed by atoms with Gasteiger partial charge in [-0.1, -0.05) is 62.3 Å². The second-order valence-corrected chi connectivity index (χ2v) is 6.27. The van der Waals surface area contributed by atoms with Crippen LogP contribution in [0.2, 0.25) is 0 Å². The molecule has 0 aliphatic heterocycles. The molecule has 0 heterocycles. The van der Waals surface area contributed by atoms with Gasteiger partial charge in [0.05, 0.1) is 0 Å². The van der Waals surface area contributed by atoms with E-state index in [1.807, 2.05) is 30.3 Å². The number of hydrogen-bond acceptors (Lipinski definition) is 4. The van der Waals surface area contributed by atoms with Gasteiger partial charge in [0, 0.05) is 5.56 Å². The Kier molecular flexibility index (Phi) is 5.59. The van der Waals surface area contributed by atoms with Crippen LogP contribution in [-0.2, 0) is 12.0 Å². The van der Waals surface area contributed by atoms with E-state index in [-0.39, 0.29) is 11.1 Å². The van der Waals surface area contributed by atoms with Crippen molar-refractivity contribution in [3.05, 3.63) is 65.2 Å². The molecular formula is C20H22N2O2. The molecule has 0 radical (unpaired) electrons. The number of benzene rings is 2. The van der Waals surface area contributed by atoms with E-state index >= 15 is 0 Å². The highest BCUT2D eigenvalue weighted by atomic mass is 16.5. The van der Waals surface area contributed by atoms with Crippen molar-refractivity contribution in [3.8, 4) is 11.8 Å².